The van der Waals surface area contributed by atoms with Crippen LogP contribution in [0, 0.1) is 0 Å². The average molecular weight is 399 g/mol. The van der Waals surface area contributed by atoms with Crippen molar-refractivity contribution in [3.05, 3.63) is 48.0 Å². The Morgan fingerprint density at radius 3 is 2.76 bits per heavy atom. The van der Waals surface area contributed by atoms with Gasteiger partial charge in [0.2, 0.25) is 0 Å². The largest absolute Gasteiger partial charge is 0.497 e. The van der Waals surface area contributed by atoms with Crippen molar-refractivity contribution in [1.82, 2.24) is 24.6 Å². The monoisotopic (exact) mass is 399 g/mol. The maximum Gasteiger partial charge on any atom is 0.184 e. The van der Waals surface area contributed by atoms with Gasteiger partial charge in [-0.15, -0.1) is 0 Å². The van der Waals surface area contributed by atoms with Gasteiger partial charge in [-0.25, -0.2) is 14.4 Å². The Labute approximate surface area is 169 Å². The Morgan fingerprint density at radius 1 is 1.21 bits per heavy atom. The van der Waals surface area contributed by atoms with E-state index < -0.39 is 6.17 Å². The molecule has 1 aromatic carbocycles. The minimum atomic E-state index is -0.987. The zero-order valence-corrected chi connectivity index (χ0v) is 16.8. The lowest BCUT2D eigenvalue weighted by atomic mass is 9.94. The molecule has 0 bridgehead atoms. The van der Waals surface area contributed by atoms with Crippen LogP contribution in [0.2, 0.25) is 0 Å². The number of benzene rings is 1. The molecule has 2 unspecified atom stereocenters. The van der Waals surface area contributed by atoms with Crippen LogP contribution in [0.15, 0.2) is 36.7 Å². The molecule has 0 radical (unpaired) electrons. The fourth-order valence-electron chi connectivity index (χ4n) is 3.74. The summed E-state index contributed by atoms with van der Waals surface area (Å²) in [7, 11) is 3.31. The molecule has 1 aliphatic heterocycles. The molecule has 2 aromatic heterocycles. The molecule has 1 fully saturated rings. The molecule has 1 aliphatic rings. The summed E-state index contributed by atoms with van der Waals surface area (Å²) in [5.41, 5.74) is 1.72. The lowest BCUT2D eigenvalue weighted by Gasteiger charge is -2.33. The van der Waals surface area contributed by atoms with E-state index in [2.05, 4.69) is 20.0 Å². The number of rotatable bonds is 7. The van der Waals surface area contributed by atoms with Crippen molar-refractivity contribution in [3.8, 4) is 5.75 Å². The zero-order chi connectivity index (χ0) is 20.2. The number of piperidine rings is 1. The maximum atomic E-state index is 14.8. The van der Waals surface area contributed by atoms with Crippen molar-refractivity contribution in [2.45, 2.75) is 25.1 Å². The highest BCUT2D eigenvalue weighted by Crippen LogP contribution is 2.29. The van der Waals surface area contributed by atoms with Crippen molar-refractivity contribution in [3.63, 3.8) is 0 Å². The Kier molecular flexibility index (Phi) is 6.01. The minimum absolute atomic E-state index is 0.287. The third-order valence-electron chi connectivity index (χ3n) is 5.40. The van der Waals surface area contributed by atoms with Gasteiger partial charge in [0, 0.05) is 32.6 Å². The van der Waals surface area contributed by atoms with E-state index >= 15 is 0 Å². The molecular weight excluding hydrogens is 373 g/mol. The summed E-state index contributed by atoms with van der Waals surface area (Å²) in [6.45, 7) is 3.20. The summed E-state index contributed by atoms with van der Waals surface area (Å²) >= 11 is 0. The van der Waals surface area contributed by atoms with Crippen LogP contribution < -0.4 is 4.74 Å². The predicted molar refractivity (Wildman–Crippen MR) is 108 cm³/mol. The van der Waals surface area contributed by atoms with E-state index in [0.717, 1.165) is 29.8 Å². The summed E-state index contributed by atoms with van der Waals surface area (Å²) in [6, 6.07) is 7.87. The Balaban J connectivity index is 1.46. The van der Waals surface area contributed by atoms with Gasteiger partial charge in [-0.2, -0.15) is 5.10 Å². The first kappa shape index (κ1) is 19.7. The smallest absolute Gasteiger partial charge is 0.184 e. The third kappa shape index (κ3) is 4.54. The van der Waals surface area contributed by atoms with Crippen molar-refractivity contribution in [2.24, 2.45) is 0 Å². The molecule has 154 valence electrons. The Hall–Kier alpha value is -2.58. The molecule has 4 rings (SSSR count). The van der Waals surface area contributed by atoms with E-state index in [1.807, 2.05) is 35.1 Å². The van der Waals surface area contributed by atoms with Gasteiger partial charge >= 0.3 is 0 Å². The molecule has 29 heavy (non-hydrogen) atoms. The highest BCUT2D eigenvalue weighted by Gasteiger charge is 2.32. The van der Waals surface area contributed by atoms with Crippen LogP contribution in [-0.4, -0.2) is 71.3 Å². The SMILES string of the molecule is COCCN1CCC(c2ncc3cn(Cc4ccc(OC)cc4)nc3n2)C(F)C1. The molecule has 2 atom stereocenters. The number of methoxy groups -OCH3 is 2. The second-order valence-electron chi connectivity index (χ2n) is 7.39. The van der Waals surface area contributed by atoms with Crippen molar-refractivity contribution >= 4 is 11.0 Å². The van der Waals surface area contributed by atoms with E-state index in [4.69, 9.17) is 9.47 Å². The van der Waals surface area contributed by atoms with Gasteiger partial charge in [0.05, 0.1) is 31.6 Å². The number of halogens is 1. The Morgan fingerprint density at radius 2 is 2.03 bits per heavy atom. The second-order valence-corrected chi connectivity index (χ2v) is 7.39. The number of hydrogen-bond acceptors (Lipinski definition) is 6. The van der Waals surface area contributed by atoms with E-state index in [1.165, 1.54) is 0 Å². The average Bonchev–Trinajstić information content (AvgIpc) is 3.14. The maximum absolute atomic E-state index is 14.8. The second kappa shape index (κ2) is 8.84. The highest BCUT2D eigenvalue weighted by atomic mass is 19.1. The number of nitrogens with zero attached hydrogens (tertiary/aromatic N) is 5. The topological polar surface area (TPSA) is 65.3 Å². The molecule has 3 heterocycles. The van der Waals surface area contributed by atoms with Gasteiger partial charge in [0.15, 0.2) is 5.65 Å². The molecule has 0 amide bonds. The summed E-state index contributed by atoms with van der Waals surface area (Å²) in [6.07, 6.45) is 3.38. The lowest BCUT2D eigenvalue weighted by molar-refractivity contribution is 0.0844. The van der Waals surface area contributed by atoms with E-state index in [-0.39, 0.29) is 5.92 Å². The Bertz CT molecular complexity index is 946. The van der Waals surface area contributed by atoms with E-state index in [0.29, 0.717) is 37.6 Å². The standard InChI is InChI=1S/C21H26FN5O2/c1-28-10-9-26-8-7-18(19(22)14-26)21-23-11-16-13-27(25-20(16)24-21)12-15-3-5-17(29-2)6-4-15/h3-6,11,13,18-19H,7-10,12,14H2,1-2H3. The normalized spacial score (nSPS) is 20.2. The minimum Gasteiger partial charge on any atom is -0.497 e. The molecule has 0 aliphatic carbocycles. The molecule has 0 spiro atoms. The molecule has 0 N–H and O–H groups in total. The van der Waals surface area contributed by atoms with Crippen LogP contribution in [-0.2, 0) is 11.3 Å². The van der Waals surface area contributed by atoms with Crippen LogP contribution in [0.5, 0.6) is 5.75 Å². The van der Waals surface area contributed by atoms with Crippen LogP contribution in [0.3, 0.4) is 0 Å². The molecule has 0 saturated carbocycles. The van der Waals surface area contributed by atoms with Crippen LogP contribution in [0.1, 0.15) is 23.7 Å². The van der Waals surface area contributed by atoms with Gasteiger partial charge in [-0.1, -0.05) is 12.1 Å². The van der Waals surface area contributed by atoms with Crippen molar-refractivity contribution in [1.29, 1.82) is 0 Å². The van der Waals surface area contributed by atoms with Gasteiger partial charge in [0.25, 0.3) is 0 Å². The molecule has 7 nitrogen and oxygen atoms in total. The number of likely N-dealkylation sites (tertiary alicyclic amines) is 1. The zero-order valence-electron chi connectivity index (χ0n) is 16.8. The van der Waals surface area contributed by atoms with Crippen LogP contribution in [0.4, 0.5) is 4.39 Å². The molecule has 8 heteroatoms. The summed E-state index contributed by atoms with van der Waals surface area (Å²) in [5.74, 6) is 1.08. The first-order chi connectivity index (χ1) is 14.2. The fourth-order valence-corrected chi connectivity index (χ4v) is 3.74. The highest BCUT2D eigenvalue weighted by molar-refractivity contribution is 5.72. The van der Waals surface area contributed by atoms with Crippen LogP contribution in [0.25, 0.3) is 11.0 Å². The van der Waals surface area contributed by atoms with E-state index in [1.54, 1.807) is 20.4 Å². The van der Waals surface area contributed by atoms with E-state index in [9.17, 15) is 4.39 Å². The number of ether oxygens (including phenoxy) is 2. The molecule has 1 saturated heterocycles. The number of fused-ring (bicyclic) bond motifs is 1. The van der Waals surface area contributed by atoms with Crippen molar-refractivity contribution < 1.29 is 13.9 Å². The fraction of sp³-hybridized carbons (Fsp3) is 0.476. The number of hydrogen-bond donors (Lipinski definition) is 0. The number of alkyl halides is 1. The summed E-state index contributed by atoms with van der Waals surface area (Å²) in [4.78, 5) is 11.1. The number of aromatic nitrogens is 4. The molecular formula is C21H26FN5O2. The summed E-state index contributed by atoms with van der Waals surface area (Å²) in [5, 5.41) is 5.43. The van der Waals surface area contributed by atoms with Crippen LogP contribution >= 0.6 is 0 Å². The summed E-state index contributed by atoms with van der Waals surface area (Å²) < 4.78 is 26.9. The predicted octanol–water partition coefficient (Wildman–Crippen LogP) is 2.66. The third-order valence-corrected chi connectivity index (χ3v) is 5.40. The quantitative estimate of drug-likeness (QED) is 0.609. The first-order valence-corrected chi connectivity index (χ1v) is 9.84. The first-order valence-electron chi connectivity index (χ1n) is 9.84. The van der Waals surface area contributed by atoms with Crippen molar-refractivity contribution in [2.75, 3.05) is 40.5 Å². The van der Waals surface area contributed by atoms with Gasteiger partial charge in [-0.05, 0) is 30.7 Å². The lowest BCUT2D eigenvalue weighted by Crippen LogP contribution is -2.42. The van der Waals surface area contributed by atoms with Gasteiger partial charge in [0.1, 0.15) is 17.7 Å². The van der Waals surface area contributed by atoms with Gasteiger partial charge < -0.3 is 9.47 Å². The van der Waals surface area contributed by atoms with Gasteiger partial charge in [-0.3, -0.25) is 9.58 Å². The molecule has 3 aromatic rings.